The number of nitrogens with one attached hydrogen (secondary N) is 2. The van der Waals surface area contributed by atoms with Crippen molar-refractivity contribution < 1.29 is 19.1 Å². The van der Waals surface area contributed by atoms with E-state index in [0.29, 0.717) is 11.3 Å². The van der Waals surface area contributed by atoms with Gasteiger partial charge >= 0.3 is 6.09 Å². The zero-order valence-electron chi connectivity index (χ0n) is 22.4. The number of alkyl carbamates (subject to hydrolysis) is 1. The number of hydrogen-bond acceptors (Lipinski definition) is 4. The molecule has 2 N–H and O–H groups in total. The number of rotatable bonds is 7. The molecule has 0 fully saturated rings. The molecule has 2 rings (SSSR count). The van der Waals surface area contributed by atoms with Crippen molar-refractivity contribution in [2.75, 3.05) is 5.32 Å². The average molecular weight is 492 g/mol. The maximum atomic E-state index is 13.8. The number of nitrogens with zero attached hydrogens (tertiary/aromatic N) is 1. The van der Waals surface area contributed by atoms with Crippen LogP contribution in [0.1, 0.15) is 62.9 Å². The fourth-order valence-electron chi connectivity index (χ4n) is 3.86. The van der Waals surface area contributed by atoms with E-state index in [-0.39, 0.29) is 5.92 Å². The summed E-state index contributed by atoms with van der Waals surface area (Å²) in [4.78, 5) is 41.0. The van der Waals surface area contributed by atoms with Crippen molar-refractivity contribution in [1.29, 1.82) is 0 Å². The zero-order chi connectivity index (χ0) is 27.2. The van der Waals surface area contributed by atoms with Crippen LogP contribution >= 0.6 is 0 Å². The molecule has 7 nitrogen and oxygen atoms in total. The van der Waals surface area contributed by atoms with Gasteiger partial charge in [-0.15, -0.1) is 0 Å². The Balaban J connectivity index is 2.51. The summed E-state index contributed by atoms with van der Waals surface area (Å²) in [6, 6.07) is 13.3. The molecule has 0 aliphatic carbocycles. The molecule has 3 amide bonds. The Hall–Kier alpha value is -3.79. The Labute approximate surface area is 214 Å². The smallest absolute Gasteiger partial charge is 0.408 e. The Morgan fingerprint density at radius 3 is 2.08 bits per heavy atom. The molecule has 2 unspecified atom stereocenters. The van der Waals surface area contributed by atoms with Gasteiger partial charge in [0.15, 0.2) is 0 Å². The molecule has 0 saturated heterocycles. The summed E-state index contributed by atoms with van der Waals surface area (Å²) < 4.78 is 5.35. The van der Waals surface area contributed by atoms with Crippen molar-refractivity contribution in [3.8, 4) is 12.5 Å². The maximum Gasteiger partial charge on any atom is 0.408 e. The molecule has 0 bridgehead atoms. The van der Waals surface area contributed by atoms with E-state index in [9.17, 15) is 14.4 Å². The third-order valence-electron chi connectivity index (χ3n) is 5.45. The first-order chi connectivity index (χ1) is 16.7. The van der Waals surface area contributed by atoms with Gasteiger partial charge < -0.3 is 15.4 Å². The first-order valence-corrected chi connectivity index (χ1v) is 12.0. The van der Waals surface area contributed by atoms with Crippen LogP contribution in [-0.4, -0.2) is 34.5 Å². The minimum atomic E-state index is -1.12. The van der Waals surface area contributed by atoms with Crippen LogP contribution in [0.4, 0.5) is 10.5 Å². The molecule has 0 spiro atoms. The number of carbonyl (C=O) groups excluding carboxylic acids is 3. The zero-order valence-corrected chi connectivity index (χ0v) is 22.4. The molecule has 0 heterocycles. The van der Waals surface area contributed by atoms with Gasteiger partial charge in [-0.1, -0.05) is 67.8 Å². The number of anilines is 1. The molecule has 0 aromatic heterocycles. The number of ether oxygens (including phenoxy) is 1. The number of benzene rings is 2. The van der Waals surface area contributed by atoms with Gasteiger partial charge in [0.05, 0.1) is 0 Å². The summed E-state index contributed by atoms with van der Waals surface area (Å²) in [7, 11) is 0. The second kappa shape index (κ2) is 11.8. The molecule has 36 heavy (non-hydrogen) atoms. The number of terminal acetylenes is 1. The Bertz CT molecular complexity index is 1140. The van der Waals surface area contributed by atoms with Gasteiger partial charge in [-0.2, -0.15) is 0 Å². The lowest BCUT2D eigenvalue weighted by atomic mass is 9.97. The van der Waals surface area contributed by atoms with E-state index in [4.69, 9.17) is 11.2 Å². The van der Waals surface area contributed by atoms with Crippen molar-refractivity contribution in [3.63, 3.8) is 0 Å². The number of aryl methyl sites for hydroxylation is 3. The third kappa shape index (κ3) is 7.61. The first kappa shape index (κ1) is 28.4. The molecular formula is C29H37N3O4. The van der Waals surface area contributed by atoms with Crippen molar-refractivity contribution in [1.82, 2.24) is 10.2 Å². The van der Waals surface area contributed by atoms with Gasteiger partial charge in [0, 0.05) is 11.7 Å². The fourth-order valence-corrected chi connectivity index (χ4v) is 3.86. The highest BCUT2D eigenvalue weighted by Gasteiger charge is 2.37. The van der Waals surface area contributed by atoms with E-state index >= 15 is 0 Å². The van der Waals surface area contributed by atoms with E-state index in [1.807, 2.05) is 57.2 Å². The molecule has 0 aliphatic rings. The number of para-hydroxylation sites is 1. The number of amides is 3. The van der Waals surface area contributed by atoms with E-state index < -0.39 is 35.6 Å². The van der Waals surface area contributed by atoms with Crippen LogP contribution in [-0.2, 0) is 14.3 Å². The minimum absolute atomic E-state index is 0.319. The molecule has 0 radical (unpaired) electrons. The molecule has 192 valence electrons. The van der Waals surface area contributed by atoms with Crippen LogP contribution in [0.15, 0.2) is 42.5 Å². The van der Waals surface area contributed by atoms with E-state index in [1.165, 1.54) is 0 Å². The molecule has 0 aliphatic heterocycles. The summed E-state index contributed by atoms with van der Waals surface area (Å²) in [5.74, 6) is -1.36. The van der Waals surface area contributed by atoms with E-state index in [2.05, 4.69) is 16.7 Å². The average Bonchev–Trinajstić information content (AvgIpc) is 2.74. The molecule has 0 saturated carbocycles. The van der Waals surface area contributed by atoms with Crippen LogP contribution in [0, 0.1) is 39.2 Å². The summed E-state index contributed by atoms with van der Waals surface area (Å²) in [6.07, 6.45) is 5.11. The number of carbonyl (C=O) groups is 3. The van der Waals surface area contributed by atoms with Crippen LogP contribution in [0.3, 0.4) is 0 Å². The predicted molar refractivity (Wildman–Crippen MR) is 142 cm³/mol. The van der Waals surface area contributed by atoms with Gasteiger partial charge in [0.25, 0.3) is 11.8 Å². The van der Waals surface area contributed by atoms with Crippen LogP contribution < -0.4 is 10.6 Å². The Kier molecular flexibility index (Phi) is 9.29. The third-order valence-corrected chi connectivity index (χ3v) is 5.45. The maximum absolute atomic E-state index is 13.8. The Morgan fingerprint density at radius 1 is 1.00 bits per heavy atom. The van der Waals surface area contributed by atoms with Crippen molar-refractivity contribution in [2.24, 2.45) is 5.92 Å². The van der Waals surface area contributed by atoms with Gasteiger partial charge in [-0.3, -0.25) is 14.5 Å². The molecular weight excluding hydrogens is 454 g/mol. The predicted octanol–water partition coefficient (Wildman–Crippen LogP) is 5.26. The fraction of sp³-hybridized carbons (Fsp3) is 0.414. The van der Waals surface area contributed by atoms with Crippen molar-refractivity contribution in [3.05, 3.63) is 64.7 Å². The second-order valence-electron chi connectivity index (χ2n) is 10.3. The van der Waals surface area contributed by atoms with Crippen molar-refractivity contribution >= 4 is 23.6 Å². The minimum Gasteiger partial charge on any atom is -0.444 e. The van der Waals surface area contributed by atoms with Gasteiger partial charge in [0.1, 0.15) is 17.7 Å². The highest BCUT2D eigenvalue weighted by Crippen LogP contribution is 2.27. The number of hydrogen-bond donors (Lipinski definition) is 2. The van der Waals surface area contributed by atoms with Crippen molar-refractivity contribution in [2.45, 2.75) is 73.1 Å². The largest absolute Gasteiger partial charge is 0.444 e. The SMILES string of the molecule is C#CN(C(=O)C(NC(=O)OC(C)(C)C)C(C)C)C(C(=O)Nc1ccccc1C)c1cc(C)cc(C)c1. The molecule has 2 atom stereocenters. The lowest BCUT2D eigenvalue weighted by Crippen LogP contribution is -2.53. The summed E-state index contributed by atoms with van der Waals surface area (Å²) in [6.45, 7) is 14.5. The Morgan fingerprint density at radius 2 is 1.58 bits per heavy atom. The summed E-state index contributed by atoms with van der Waals surface area (Å²) in [5.41, 5.74) is 3.18. The van der Waals surface area contributed by atoms with Crippen LogP contribution in [0.5, 0.6) is 0 Å². The standard InChI is InChI=1S/C29H37N3O4/c1-10-32(27(34)24(18(2)3)31-28(35)36-29(7,8)9)25(22-16-19(4)15-20(5)17-22)26(33)30-23-14-12-11-13-21(23)6/h1,11-18,24-25H,2-9H3,(H,30,33)(H,31,35). The highest BCUT2D eigenvalue weighted by molar-refractivity contribution is 6.00. The topological polar surface area (TPSA) is 87.7 Å². The van der Waals surface area contributed by atoms with Crippen LogP contribution in [0.2, 0.25) is 0 Å². The van der Waals surface area contributed by atoms with Gasteiger partial charge in [-0.25, -0.2) is 4.79 Å². The highest BCUT2D eigenvalue weighted by atomic mass is 16.6. The molecule has 2 aromatic carbocycles. The summed E-state index contributed by atoms with van der Waals surface area (Å²) in [5, 5.41) is 5.55. The van der Waals surface area contributed by atoms with Gasteiger partial charge in [-0.05, 0) is 64.7 Å². The lowest BCUT2D eigenvalue weighted by Gasteiger charge is -2.32. The lowest BCUT2D eigenvalue weighted by molar-refractivity contribution is -0.137. The molecule has 2 aromatic rings. The normalized spacial score (nSPS) is 12.8. The second-order valence-corrected chi connectivity index (χ2v) is 10.3. The quantitative estimate of drug-likeness (QED) is 0.409. The first-order valence-electron chi connectivity index (χ1n) is 12.0. The van der Waals surface area contributed by atoms with E-state index in [0.717, 1.165) is 21.6 Å². The van der Waals surface area contributed by atoms with Gasteiger partial charge in [0.2, 0.25) is 0 Å². The van der Waals surface area contributed by atoms with Crippen LogP contribution in [0.25, 0.3) is 0 Å². The molecule has 7 heteroatoms. The summed E-state index contributed by atoms with van der Waals surface area (Å²) >= 11 is 0. The van der Waals surface area contributed by atoms with E-state index in [1.54, 1.807) is 40.7 Å². The monoisotopic (exact) mass is 491 g/mol.